The van der Waals surface area contributed by atoms with E-state index in [1.807, 2.05) is 46.8 Å². The Balaban J connectivity index is 1.35. The van der Waals surface area contributed by atoms with Gasteiger partial charge in [0.1, 0.15) is 11.9 Å². The number of benzene rings is 2. The van der Waals surface area contributed by atoms with Crippen LogP contribution >= 0.6 is 69.2 Å². The van der Waals surface area contributed by atoms with Gasteiger partial charge in [0.2, 0.25) is 5.13 Å². The molecule has 0 spiro atoms. The highest BCUT2D eigenvalue weighted by molar-refractivity contribution is 8.00. The van der Waals surface area contributed by atoms with Crippen LogP contribution in [0.1, 0.15) is 54.9 Å². The van der Waals surface area contributed by atoms with E-state index in [9.17, 15) is 0 Å². The molecular weight excluding hydrogens is 633 g/mol. The first-order valence-electron chi connectivity index (χ1n) is 13.3. The Morgan fingerprint density at radius 1 is 1.05 bits per heavy atom. The second kappa shape index (κ2) is 12.9. The van der Waals surface area contributed by atoms with Crippen molar-refractivity contribution in [3.05, 3.63) is 103 Å². The standard InChI is InChI=1S/C30H26Cl3N5S3/c1-2-3-9-26-35-27(28(33)36-26)24-15-22(21-14-25(32)41-29(21)39-16-18-7-5-4-6-8-18)37-38(24)30-34-23(17-40-30)19-10-12-20(31)13-11-19/h4-8,10-14,17,24H,2-3,9,15-16H2,1H3,(H,35,36). The van der Waals surface area contributed by atoms with Gasteiger partial charge >= 0.3 is 0 Å². The molecule has 0 bridgehead atoms. The number of imidazole rings is 1. The van der Waals surface area contributed by atoms with E-state index >= 15 is 0 Å². The number of hydrogen-bond donors (Lipinski definition) is 1. The van der Waals surface area contributed by atoms with Crippen molar-refractivity contribution < 1.29 is 0 Å². The SMILES string of the molecule is CCCCc1nc(Cl)c(C2CC(c3cc(Cl)sc3SCc3ccccc3)=NN2c2nc(-c3ccc(Cl)cc3)cs2)[nH]1. The molecule has 5 aromatic rings. The molecular formula is C30H26Cl3N5S3. The predicted octanol–water partition coefficient (Wildman–Crippen LogP) is 10.5. The number of unbranched alkanes of at least 4 members (excludes halogenated alkanes) is 1. The maximum atomic E-state index is 6.75. The summed E-state index contributed by atoms with van der Waals surface area (Å²) in [5.41, 5.74) is 6.02. The van der Waals surface area contributed by atoms with Crippen molar-refractivity contribution in [2.75, 3.05) is 5.01 Å². The van der Waals surface area contributed by atoms with E-state index in [0.29, 0.717) is 16.6 Å². The maximum Gasteiger partial charge on any atom is 0.207 e. The molecule has 11 heteroatoms. The molecule has 5 nitrogen and oxygen atoms in total. The van der Waals surface area contributed by atoms with Gasteiger partial charge in [0.05, 0.1) is 25.6 Å². The zero-order valence-electron chi connectivity index (χ0n) is 22.1. The first kappa shape index (κ1) is 28.8. The summed E-state index contributed by atoms with van der Waals surface area (Å²) in [6, 6.07) is 20.0. The molecule has 1 unspecified atom stereocenters. The van der Waals surface area contributed by atoms with Crippen LogP contribution in [0.2, 0.25) is 14.5 Å². The quantitative estimate of drug-likeness (QED) is 0.152. The normalized spacial score (nSPS) is 15.1. The summed E-state index contributed by atoms with van der Waals surface area (Å²) in [4.78, 5) is 13.1. The lowest BCUT2D eigenvalue weighted by Gasteiger charge is -2.20. The van der Waals surface area contributed by atoms with Gasteiger partial charge in [-0.3, -0.25) is 0 Å². The number of thioether (sulfide) groups is 1. The molecule has 1 atom stereocenters. The van der Waals surface area contributed by atoms with Gasteiger partial charge in [-0.25, -0.2) is 15.0 Å². The van der Waals surface area contributed by atoms with Crippen molar-refractivity contribution in [2.24, 2.45) is 5.10 Å². The molecule has 1 aliphatic rings. The zero-order chi connectivity index (χ0) is 28.3. The minimum Gasteiger partial charge on any atom is -0.343 e. The number of aromatic nitrogens is 3. The number of anilines is 1. The van der Waals surface area contributed by atoms with Crippen molar-refractivity contribution in [2.45, 2.75) is 48.6 Å². The summed E-state index contributed by atoms with van der Waals surface area (Å²) in [7, 11) is 0. The second-order valence-electron chi connectivity index (χ2n) is 9.65. The highest BCUT2D eigenvalue weighted by Gasteiger charge is 2.36. The Morgan fingerprint density at radius 3 is 2.63 bits per heavy atom. The second-order valence-corrected chi connectivity index (χ2v) is 14.2. The molecule has 1 N–H and O–H groups in total. The molecule has 41 heavy (non-hydrogen) atoms. The lowest BCUT2D eigenvalue weighted by molar-refractivity contribution is 0.682. The van der Waals surface area contributed by atoms with Crippen molar-refractivity contribution in [1.29, 1.82) is 0 Å². The predicted molar refractivity (Wildman–Crippen MR) is 176 cm³/mol. The molecule has 210 valence electrons. The fraction of sp³-hybridized carbons (Fsp3) is 0.233. The number of aryl methyl sites for hydroxylation is 1. The fourth-order valence-electron chi connectivity index (χ4n) is 4.67. The summed E-state index contributed by atoms with van der Waals surface area (Å²) in [6.45, 7) is 2.17. The maximum absolute atomic E-state index is 6.75. The van der Waals surface area contributed by atoms with Crippen molar-refractivity contribution in [1.82, 2.24) is 15.0 Å². The van der Waals surface area contributed by atoms with Gasteiger partial charge in [-0.05, 0) is 30.2 Å². The van der Waals surface area contributed by atoms with Crippen LogP contribution in [0, 0.1) is 0 Å². The number of hydrazone groups is 1. The van der Waals surface area contributed by atoms with Gasteiger partial charge in [0.25, 0.3) is 0 Å². The molecule has 0 saturated heterocycles. The van der Waals surface area contributed by atoms with Crippen molar-refractivity contribution >= 4 is 80.1 Å². The summed E-state index contributed by atoms with van der Waals surface area (Å²) in [5, 5.41) is 11.2. The molecule has 3 aromatic heterocycles. The van der Waals surface area contributed by atoms with E-state index in [1.54, 1.807) is 34.4 Å². The molecule has 4 heterocycles. The summed E-state index contributed by atoms with van der Waals surface area (Å²) in [5.74, 6) is 1.76. The molecule has 2 aromatic carbocycles. The number of rotatable bonds is 10. The monoisotopic (exact) mass is 657 g/mol. The lowest BCUT2D eigenvalue weighted by Crippen LogP contribution is -2.19. The molecule has 0 fully saturated rings. The summed E-state index contributed by atoms with van der Waals surface area (Å²) < 4.78 is 1.90. The number of aromatic amines is 1. The smallest absolute Gasteiger partial charge is 0.207 e. The van der Waals surface area contributed by atoms with E-state index in [-0.39, 0.29) is 6.04 Å². The van der Waals surface area contributed by atoms with Crippen LogP contribution in [0.4, 0.5) is 5.13 Å². The third-order valence-corrected chi connectivity index (χ3v) is 10.8. The van der Waals surface area contributed by atoms with Crippen LogP contribution in [0.15, 0.2) is 75.4 Å². The van der Waals surface area contributed by atoms with Crippen LogP contribution in [0.5, 0.6) is 0 Å². The molecule has 0 amide bonds. The van der Waals surface area contributed by atoms with E-state index in [4.69, 9.17) is 44.9 Å². The van der Waals surface area contributed by atoms with Gasteiger partial charge in [0.15, 0.2) is 5.15 Å². The Morgan fingerprint density at radius 2 is 1.85 bits per heavy atom. The van der Waals surface area contributed by atoms with Gasteiger partial charge in [0, 0.05) is 40.1 Å². The number of H-pyrrole nitrogens is 1. The summed E-state index contributed by atoms with van der Waals surface area (Å²) >= 11 is 24.4. The molecule has 0 saturated carbocycles. The van der Waals surface area contributed by atoms with E-state index < -0.39 is 0 Å². The first-order chi connectivity index (χ1) is 20.0. The Labute approximate surface area is 266 Å². The number of hydrogen-bond acceptors (Lipinski definition) is 7. The van der Waals surface area contributed by atoms with Gasteiger partial charge in [-0.1, -0.05) is 90.6 Å². The Bertz CT molecular complexity index is 1660. The van der Waals surface area contributed by atoms with Gasteiger partial charge < -0.3 is 4.98 Å². The van der Waals surface area contributed by atoms with Crippen molar-refractivity contribution in [3.63, 3.8) is 0 Å². The third-order valence-electron chi connectivity index (χ3n) is 6.76. The van der Waals surface area contributed by atoms with E-state index in [1.165, 1.54) is 5.56 Å². The van der Waals surface area contributed by atoms with Crippen LogP contribution in [-0.2, 0) is 12.2 Å². The zero-order valence-corrected chi connectivity index (χ0v) is 26.8. The number of nitrogens with zero attached hydrogens (tertiary/aromatic N) is 4. The summed E-state index contributed by atoms with van der Waals surface area (Å²) in [6.07, 6.45) is 3.64. The minimum atomic E-state index is -0.171. The van der Waals surface area contributed by atoms with Crippen LogP contribution < -0.4 is 5.01 Å². The molecule has 1 aliphatic heterocycles. The van der Waals surface area contributed by atoms with Crippen molar-refractivity contribution in [3.8, 4) is 11.3 Å². The fourth-order valence-corrected chi connectivity index (χ4v) is 8.53. The number of thiazole rings is 1. The topological polar surface area (TPSA) is 57.2 Å². The lowest BCUT2D eigenvalue weighted by atomic mass is 10.0. The molecule has 0 radical (unpaired) electrons. The Hall–Kier alpha value is -2.33. The van der Waals surface area contributed by atoms with Crippen LogP contribution in [-0.4, -0.2) is 20.7 Å². The van der Waals surface area contributed by atoms with E-state index in [2.05, 4.69) is 41.2 Å². The number of nitrogens with one attached hydrogen (secondary N) is 1. The highest BCUT2D eigenvalue weighted by atomic mass is 35.5. The highest BCUT2D eigenvalue weighted by Crippen LogP contribution is 2.44. The average molecular weight is 659 g/mol. The van der Waals surface area contributed by atoms with E-state index in [0.717, 1.165) is 72.7 Å². The van der Waals surface area contributed by atoms with Gasteiger partial charge in [-0.15, -0.1) is 34.4 Å². The van der Waals surface area contributed by atoms with Gasteiger partial charge in [-0.2, -0.15) is 5.10 Å². The van der Waals surface area contributed by atoms with Crippen LogP contribution in [0.3, 0.4) is 0 Å². The molecule has 0 aliphatic carbocycles. The average Bonchev–Trinajstić information content (AvgIpc) is 3.77. The largest absolute Gasteiger partial charge is 0.343 e. The van der Waals surface area contributed by atoms with Crippen LogP contribution in [0.25, 0.3) is 11.3 Å². The number of halogens is 3. The third kappa shape index (κ3) is 6.53. The Kier molecular flexibility index (Phi) is 9.05. The first-order valence-corrected chi connectivity index (χ1v) is 17.1. The number of thiophene rings is 1. The minimum absolute atomic E-state index is 0.171. The molecule has 6 rings (SSSR count).